The highest BCUT2D eigenvalue weighted by molar-refractivity contribution is 5.79. The number of ether oxygens (including phenoxy) is 2. The Morgan fingerprint density at radius 2 is 1.93 bits per heavy atom. The lowest BCUT2D eigenvalue weighted by Gasteiger charge is -2.24. The molecule has 6 heteroatoms. The molecule has 1 unspecified atom stereocenters. The maximum Gasteiger partial charge on any atom is 0.191 e. The summed E-state index contributed by atoms with van der Waals surface area (Å²) in [6, 6.07) is 18.4. The van der Waals surface area contributed by atoms with Gasteiger partial charge in [0, 0.05) is 30.7 Å². The molecule has 0 saturated carbocycles. The zero-order chi connectivity index (χ0) is 21.1. The lowest BCUT2D eigenvalue weighted by atomic mass is 9.84. The van der Waals surface area contributed by atoms with Crippen LogP contribution in [0.25, 0.3) is 11.1 Å². The lowest BCUT2D eigenvalue weighted by molar-refractivity contribution is 0.131. The van der Waals surface area contributed by atoms with Gasteiger partial charge in [-0.05, 0) is 31.4 Å². The molecule has 1 aliphatic rings. The number of hydrogen-bond acceptors (Lipinski definition) is 4. The molecule has 0 radical (unpaired) electrons. The molecule has 3 rings (SSSR count). The van der Waals surface area contributed by atoms with Crippen LogP contribution in [-0.2, 0) is 4.74 Å². The van der Waals surface area contributed by atoms with E-state index in [-0.39, 0.29) is 12.0 Å². The smallest absolute Gasteiger partial charge is 0.191 e. The number of aliphatic imine (C=N–C) groups is 1. The van der Waals surface area contributed by atoms with E-state index in [0.717, 1.165) is 48.8 Å². The maximum atomic E-state index is 9.39. The van der Waals surface area contributed by atoms with Gasteiger partial charge in [-0.3, -0.25) is 4.99 Å². The van der Waals surface area contributed by atoms with Gasteiger partial charge in [0.05, 0.1) is 19.7 Å². The monoisotopic (exact) mass is 411 g/mol. The fraction of sp³-hybridized carbons (Fsp3) is 0.458. The Hall–Kier alpha value is -2.57. The Kier molecular flexibility index (Phi) is 8.53. The SMILES string of the molecule is CCNC(=NCC1(CCO)CCOC1)NCCOc1ccccc1-c1ccccc1. The van der Waals surface area contributed by atoms with Gasteiger partial charge in [-0.2, -0.15) is 0 Å². The van der Waals surface area contributed by atoms with Crippen molar-refractivity contribution in [1.29, 1.82) is 0 Å². The van der Waals surface area contributed by atoms with Crippen LogP contribution in [0.3, 0.4) is 0 Å². The number of guanidine groups is 1. The second kappa shape index (κ2) is 11.6. The molecule has 0 spiro atoms. The quantitative estimate of drug-likeness (QED) is 0.318. The summed E-state index contributed by atoms with van der Waals surface area (Å²) in [5.41, 5.74) is 2.18. The van der Waals surface area contributed by atoms with Crippen molar-refractivity contribution in [3.8, 4) is 16.9 Å². The summed E-state index contributed by atoms with van der Waals surface area (Å²) in [6.07, 6.45) is 1.66. The van der Waals surface area contributed by atoms with Crippen LogP contribution in [0.15, 0.2) is 59.6 Å². The van der Waals surface area contributed by atoms with E-state index in [2.05, 4.69) is 28.8 Å². The molecular formula is C24H33N3O3. The summed E-state index contributed by atoms with van der Waals surface area (Å²) in [5.74, 6) is 1.64. The predicted molar refractivity (Wildman–Crippen MR) is 121 cm³/mol. The minimum atomic E-state index is -0.0533. The first-order valence-electron chi connectivity index (χ1n) is 10.7. The van der Waals surface area contributed by atoms with E-state index in [1.807, 2.05) is 43.3 Å². The molecule has 2 aromatic carbocycles. The Morgan fingerprint density at radius 3 is 2.67 bits per heavy atom. The highest BCUT2D eigenvalue weighted by atomic mass is 16.5. The third-order valence-electron chi connectivity index (χ3n) is 5.37. The number of nitrogens with zero attached hydrogens (tertiary/aromatic N) is 1. The number of hydrogen-bond donors (Lipinski definition) is 3. The first kappa shape index (κ1) is 22.1. The molecule has 0 bridgehead atoms. The highest BCUT2D eigenvalue weighted by Crippen LogP contribution is 2.32. The summed E-state index contributed by atoms with van der Waals surface area (Å²) < 4.78 is 11.6. The first-order chi connectivity index (χ1) is 14.8. The number of aliphatic hydroxyl groups excluding tert-OH is 1. The van der Waals surface area contributed by atoms with Gasteiger partial charge >= 0.3 is 0 Å². The fourth-order valence-electron chi connectivity index (χ4n) is 3.66. The summed E-state index contributed by atoms with van der Waals surface area (Å²) >= 11 is 0. The van der Waals surface area contributed by atoms with E-state index in [9.17, 15) is 5.11 Å². The first-order valence-corrected chi connectivity index (χ1v) is 10.7. The van der Waals surface area contributed by atoms with Crippen LogP contribution in [0, 0.1) is 5.41 Å². The molecule has 3 N–H and O–H groups in total. The van der Waals surface area contributed by atoms with Crippen LogP contribution in [0.2, 0.25) is 0 Å². The van der Waals surface area contributed by atoms with Crippen molar-refractivity contribution in [3.63, 3.8) is 0 Å². The van der Waals surface area contributed by atoms with Crippen molar-refractivity contribution in [2.75, 3.05) is 46.1 Å². The lowest BCUT2D eigenvalue weighted by Crippen LogP contribution is -2.40. The summed E-state index contributed by atoms with van der Waals surface area (Å²) in [4.78, 5) is 4.74. The van der Waals surface area contributed by atoms with Gasteiger partial charge in [-0.25, -0.2) is 0 Å². The second-order valence-electron chi connectivity index (χ2n) is 7.61. The van der Waals surface area contributed by atoms with E-state index in [0.29, 0.717) is 26.3 Å². The second-order valence-corrected chi connectivity index (χ2v) is 7.61. The molecule has 30 heavy (non-hydrogen) atoms. The summed E-state index contributed by atoms with van der Waals surface area (Å²) in [6.45, 7) is 6.21. The topological polar surface area (TPSA) is 75.1 Å². The molecule has 0 aliphatic carbocycles. The Morgan fingerprint density at radius 1 is 1.13 bits per heavy atom. The third-order valence-corrected chi connectivity index (χ3v) is 5.37. The fourth-order valence-corrected chi connectivity index (χ4v) is 3.66. The normalized spacial score (nSPS) is 18.9. The average molecular weight is 412 g/mol. The zero-order valence-corrected chi connectivity index (χ0v) is 17.8. The van der Waals surface area contributed by atoms with Crippen LogP contribution < -0.4 is 15.4 Å². The Balaban J connectivity index is 1.54. The largest absolute Gasteiger partial charge is 0.491 e. The average Bonchev–Trinajstić information content (AvgIpc) is 3.25. The van der Waals surface area contributed by atoms with Crippen LogP contribution in [0.5, 0.6) is 5.75 Å². The standard InChI is InChI=1S/C24H33N3O3/c1-2-25-23(27-18-24(12-15-28)13-16-29-19-24)26-14-17-30-22-11-7-6-10-21(22)20-8-4-3-5-9-20/h3-11,28H,2,12-19H2,1H3,(H2,25,26,27). The molecule has 1 saturated heterocycles. The maximum absolute atomic E-state index is 9.39. The summed E-state index contributed by atoms with van der Waals surface area (Å²) in [5, 5.41) is 16.0. The highest BCUT2D eigenvalue weighted by Gasteiger charge is 2.34. The van der Waals surface area contributed by atoms with Gasteiger partial charge in [-0.15, -0.1) is 0 Å². The van der Waals surface area contributed by atoms with E-state index < -0.39 is 0 Å². The number of rotatable bonds is 10. The van der Waals surface area contributed by atoms with Crippen LogP contribution >= 0.6 is 0 Å². The van der Waals surface area contributed by atoms with E-state index >= 15 is 0 Å². The Labute approximate surface area is 179 Å². The predicted octanol–water partition coefficient (Wildman–Crippen LogP) is 3.08. The minimum absolute atomic E-state index is 0.0533. The van der Waals surface area contributed by atoms with Crippen LogP contribution in [-0.4, -0.2) is 57.1 Å². The van der Waals surface area contributed by atoms with Crippen LogP contribution in [0.1, 0.15) is 19.8 Å². The van der Waals surface area contributed by atoms with E-state index in [4.69, 9.17) is 14.5 Å². The van der Waals surface area contributed by atoms with E-state index in [1.54, 1.807) is 0 Å². The number of aliphatic hydroxyl groups is 1. The van der Waals surface area contributed by atoms with Gasteiger partial charge in [0.15, 0.2) is 5.96 Å². The van der Waals surface area contributed by atoms with Gasteiger partial charge in [-0.1, -0.05) is 48.5 Å². The number of benzene rings is 2. The Bertz CT molecular complexity index is 789. The van der Waals surface area contributed by atoms with Crippen molar-refractivity contribution in [2.45, 2.75) is 19.8 Å². The molecule has 1 fully saturated rings. The van der Waals surface area contributed by atoms with Crippen molar-refractivity contribution < 1.29 is 14.6 Å². The zero-order valence-electron chi connectivity index (χ0n) is 17.8. The molecule has 2 aromatic rings. The van der Waals surface area contributed by atoms with Gasteiger partial charge < -0.3 is 25.2 Å². The molecule has 162 valence electrons. The van der Waals surface area contributed by atoms with Gasteiger partial charge in [0.25, 0.3) is 0 Å². The minimum Gasteiger partial charge on any atom is -0.491 e. The van der Waals surface area contributed by atoms with E-state index in [1.165, 1.54) is 0 Å². The molecule has 0 amide bonds. The molecule has 0 aromatic heterocycles. The van der Waals surface area contributed by atoms with Crippen molar-refractivity contribution >= 4 is 5.96 Å². The van der Waals surface area contributed by atoms with Gasteiger partial charge in [0.2, 0.25) is 0 Å². The van der Waals surface area contributed by atoms with Crippen molar-refractivity contribution in [3.05, 3.63) is 54.6 Å². The summed E-state index contributed by atoms with van der Waals surface area (Å²) in [7, 11) is 0. The molecule has 1 atom stereocenters. The molecule has 6 nitrogen and oxygen atoms in total. The van der Waals surface area contributed by atoms with Crippen molar-refractivity contribution in [1.82, 2.24) is 10.6 Å². The molecule has 1 heterocycles. The number of para-hydroxylation sites is 1. The third kappa shape index (κ3) is 6.21. The van der Waals surface area contributed by atoms with Gasteiger partial charge in [0.1, 0.15) is 12.4 Å². The van der Waals surface area contributed by atoms with Crippen LogP contribution in [0.4, 0.5) is 0 Å². The van der Waals surface area contributed by atoms with Crippen molar-refractivity contribution in [2.24, 2.45) is 10.4 Å². The molecule has 1 aliphatic heterocycles. The molecular weight excluding hydrogens is 378 g/mol. The number of nitrogens with one attached hydrogen (secondary N) is 2.